The van der Waals surface area contributed by atoms with Gasteiger partial charge in [0.25, 0.3) is 0 Å². The van der Waals surface area contributed by atoms with Crippen molar-refractivity contribution < 1.29 is 4.79 Å². The van der Waals surface area contributed by atoms with E-state index in [0.29, 0.717) is 11.3 Å². The Morgan fingerprint density at radius 1 is 1.41 bits per heavy atom. The zero-order valence-corrected chi connectivity index (χ0v) is 12.4. The minimum Gasteiger partial charge on any atom is -0.341 e. The van der Waals surface area contributed by atoms with Crippen LogP contribution in [0, 0.1) is 5.41 Å². The van der Waals surface area contributed by atoms with E-state index in [0.717, 1.165) is 31.7 Å². The molecule has 1 heterocycles. The fourth-order valence-electron chi connectivity index (χ4n) is 2.12. The fourth-order valence-corrected chi connectivity index (χ4v) is 3.22. The first-order chi connectivity index (χ1) is 7.78. The molecule has 0 aromatic heterocycles. The number of rotatable bonds is 3. The summed E-state index contributed by atoms with van der Waals surface area (Å²) in [5.41, 5.74) is 5.27. The van der Waals surface area contributed by atoms with Gasteiger partial charge in [0.1, 0.15) is 0 Å². The van der Waals surface area contributed by atoms with Crippen LogP contribution in [-0.4, -0.2) is 40.9 Å². The van der Waals surface area contributed by atoms with Crippen LogP contribution in [0.15, 0.2) is 0 Å². The first kappa shape index (κ1) is 14.8. The highest BCUT2D eigenvalue weighted by molar-refractivity contribution is 8.00. The van der Waals surface area contributed by atoms with Crippen LogP contribution in [0.4, 0.5) is 0 Å². The summed E-state index contributed by atoms with van der Waals surface area (Å²) in [6.45, 7) is 10.9. The Balaban J connectivity index is 2.64. The van der Waals surface area contributed by atoms with Crippen LogP contribution in [0.5, 0.6) is 0 Å². The largest absolute Gasteiger partial charge is 0.341 e. The molecule has 1 amide bonds. The van der Waals surface area contributed by atoms with Crippen LogP contribution in [0.1, 0.15) is 40.5 Å². The molecule has 17 heavy (non-hydrogen) atoms. The molecule has 0 aromatic carbocycles. The number of nitrogens with zero attached hydrogens (tertiary/aromatic N) is 1. The van der Waals surface area contributed by atoms with Gasteiger partial charge in [0.2, 0.25) is 5.91 Å². The second kappa shape index (κ2) is 5.61. The monoisotopic (exact) mass is 258 g/mol. The van der Waals surface area contributed by atoms with E-state index in [1.807, 2.05) is 30.5 Å². The van der Waals surface area contributed by atoms with Crippen LogP contribution in [-0.2, 0) is 4.79 Å². The van der Waals surface area contributed by atoms with Gasteiger partial charge in [-0.1, -0.05) is 27.7 Å². The van der Waals surface area contributed by atoms with Crippen molar-refractivity contribution in [1.82, 2.24) is 4.90 Å². The Kier molecular flexibility index (Phi) is 4.90. The zero-order chi connectivity index (χ0) is 13.1. The molecule has 1 aliphatic rings. The number of amides is 1. The summed E-state index contributed by atoms with van der Waals surface area (Å²) in [7, 11) is 0. The average Bonchev–Trinajstić information content (AvgIpc) is 2.38. The summed E-state index contributed by atoms with van der Waals surface area (Å²) in [6, 6.07) is 0. The summed E-state index contributed by atoms with van der Waals surface area (Å²) >= 11 is 1.97. The van der Waals surface area contributed by atoms with Gasteiger partial charge in [-0.15, -0.1) is 0 Å². The predicted molar refractivity (Wildman–Crippen MR) is 75.2 cm³/mol. The maximum Gasteiger partial charge on any atom is 0.228 e. The molecular weight excluding hydrogens is 232 g/mol. The molecule has 1 aliphatic heterocycles. The SMILES string of the molecule is CC1(C)CCN(C(=O)C(C)(C)CCN)CCS1. The van der Waals surface area contributed by atoms with Crippen molar-refractivity contribution in [2.45, 2.75) is 45.3 Å². The molecule has 3 nitrogen and oxygen atoms in total. The third kappa shape index (κ3) is 4.18. The topological polar surface area (TPSA) is 46.3 Å². The molecule has 0 bridgehead atoms. The van der Waals surface area contributed by atoms with E-state index in [1.165, 1.54) is 0 Å². The van der Waals surface area contributed by atoms with Crippen LogP contribution >= 0.6 is 11.8 Å². The van der Waals surface area contributed by atoms with Gasteiger partial charge in [0, 0.05) is 29.0 Å². The molecule has 0 aliphatic carbocycles. The maximum atomic E-state index is 12.4. The lowest BCUT2D eigenvalue weighted by Gasteiger charge is -2.31. The smallest absolute Gasteiger partial charge is 0.228 e. The lowest BCUT2D eigenvalue weighted by atomic mass is 9.87. The van der Waals surface area contributed by atoms with Gasteiger partial charge in [-0.2, -0.15) is 11.8 Å². The molecule has 100 valence electrons. The van der Waals surface area contributed by atoms with E-state index < -0.39 is 0 Å². The van der Waals surface area contributed by atoms with E-state index >= 15 is 0 Å². The second-order valence-electron chi connectivity index (χ2n) is 6.07. The first-order valence-corrected chi connectivity index (χ1v) is 7.40. The summed E-state index contributed by atoms with van der Waals surface area (Å²) in [6.07, 6.45) is 1.83. The van der Waals surface area contributed by atoms with Gasteiger partial charge < -0.3 is 10.6 Å². The van der Waals surface area contributed by atoms with Crippen molar-refractivity contribution in [1.29, 1.82) is 0 Å². The molecule has 1 rings (SSSR count). The molecule has 4 heteroatoms. The van der Waals surface area contributed by atoms with Crippen LogP contribution in [0.3, 0.4) is 0 Å². The summed E-state index contributed by atoms with van der Waals surface area (Å²) in [4.78, 5) is 14.5. The van der Waals surface area contributed by atoms with E-state index in [4.69, 9.17) is 5.73 Å². The molecule has 0 radical (unpaired) electrons. The molecule has 0 aromatic rings. The molecule has 1 fully saturated rings. The van der Waals surface area contributed by atoms with Gasteiger partial charge in [0.15, 0.2) is 0 Å². The van der Waals surface area contributed by atoms with Crippen molar-refractivity contribution in [2.24, 2.45) is 11.1 Å². The first-order valence-electron chi connectivity index (χ1n) is 6.42. The van der Waals surface area contributed by atoms with Gasteiger partial charge >= 0.3 is 0 Å². The Hall–Kier alpha value is -0.220. The molecule has 0 spiro atoms. The quantitative estimate of drug-likeness (QED) is 0.843. The number of carbonyl (C=O) groups excluding carboxylic acids is 1. The fraction of sp³-hybridized carbons (Fsp3) is 0.923. The van der Waals surface area contributed by atoms with Crippen LogP contribution in [0.25, 0.3) is 0 Å². The zero-order valence-electron chi connectivity index (χ0n) is 11.6. The van der Waals surface area contributed by atoms with Crippen LogP contribution < -0.4 is 5.73 Å². The minimum absolute atomic E-state index is 0.265. The highest BCUT2D eigenvalue weighted by Gasteiger charge is 2.33. The maximum absolute atomic E-state index is 12.4. The molecule has 2 N–H and O–H groups in total. The van der Waals surface area contributed by atoms with Crippen molar-refractivity contribution in [2.75, 3.05) is 25.4 Å². The van der Waals surface area contributed by atoms with Gasteiger partial charge in [-0.25, -0.2) is 0 Å². The van der Waals surface area contributed by atoms with Crippen molar-refractivity contribution in [3.63, 3.8) is 0 Å². The van der Waals surface area contributed by atoms with E-state index in [9.17, 15) is 4.79 Å². The highest BCUT2D eigenvalue weighted by Crippen LogP contribution is 2.32. The van der Waals surface area contributed by atoms with Crippen molar-refractivity contribution in [3.05, 3.63) is 0 Å². The summed E-state index contributed by atoms with van der Waals surface area (Å²) in [5.74, 6) is 1.30. The Morgan fingerprint density at radius 3 is 2.65 bits per heavy atom. The third-order valence-corrected chi connectivity index (χ3v) is 4.85. The van der Waals surface area contributed by atoms with Crippen molar-refractivity contribution >= 4 is 17.7 Å². The highest BCUT2D eigenvalue weighted by atomic mass is 32.2. The Morgan fingerprint density at radius 2 is 2.06 bits per heavy atom. The lowest BCUT2D eigenvalue weighted by molar-refractivity contribution is -0.140. The predicted octanol–water partition coefficient (Wildman–Crippen LogP) is 2.11. The average molecular weight is 258 g/mol. The lowest BCUT2D eigenvalue weighted by Crippen LogP contribution is -2.43. The van der Waals surface area contributed by atoms with Gasteiger partial charge in [-0.05, 0) is 19.4 Å². The van der Waals surface area contributed by atoms with E-state index in [1.54, 1.807) is 0 Å². The molecule has 1 saturated heterocycles. The normalized spacial score (nSPS) is 21.1. The minimum atomic E-state index is -0.312. The van der Waals surface area contributed by atoms with E-state index in [-0.39, 0.29) is 11.3 Å². The number of nitrogens with two attached hydrogens (primary N) is 1. The summed E-state index contributed by atoms with van der Waals surface area (Å²) < 4.78 is 0.299. The molecular formula is C13H26N2OS. The van der Waals surface area contributed by atoms with E-state index in [2.05, 4.69) is 13.8 Å². The number of hydrogen-bond donors (Lipinski definition) is 1. The standard InChI is InChI=1S/C13H26N2OS/c1-12(2,5-7-14)11(16)15-8-6-13(3,4)17-10-9-15/h5-10,14H2,1-4H3. The molecule has 0 atom stereocenters. The number of hydrogen-bond acceptors (Lipinski definition) is 3. The van der Waals surface area contributed by atoms with Crippen LogP contribution in [0.2, 0.25) is 0 Å². The number of thioether (sulfide) groups is 1. The third-order valence-electron chi connectivity index (χ3n) is 3.47. The van der Waals surface area contributed by atoms with Gasteiger partial charge in [0.05, 0.1) is 0 Å². The molecule has 0 unspecified atom stereocenters. The Labute approximate surface area is 109 Å². The Bertz CT molecular complexity index is 277. The molecule has 0 saturated carbocycles. The number of carbonyl (C=O) groups is 1. The van der Waals surface area contributed by atoms with Crippen molar-refractivity contribution in [3.8, 4) is 0 Å². The second-order valence-corrected chi connectivity index (χ2v) is 7.88. The van der Waals surface area contributed by atoms with Gasteiger partial charge in [-0.3, -0.25) is 4.79 Å². The summed E-state index contributed by atoms with van der Waals surface area (Å²) in [5, 5.41) is 0.